The van der Waals surface area contributed by atoms with Gasteiger partial charge in [0.15, 0.2) is 23.5 Å². The third-order valence-electron chi connectivity index (χ3n) is 5.05. The fourth-order valence-corrected chi connectivity index (χ4v) is 4.00. The minimum absolute atomic E-state index is 0.264. The number of benzene rings is 1. The highest BCUT2D eigenvalue weighted by Gasteiger charge is 2.16. The second-order valence-corrected chi connectivity index (χ2v) is 8.37. The van der Waals surface area contributed by atoms with Crippen molar-refractivity contribution >= 4 is 28.6 Å². The number of anilines is 3. The summed E-state index contributed by atoms with van der Waals surface area (Å²) >= 11 is -1.67. The second kappa shape index (κ2) is 11.3. The van der Waals surface area contributed by atoms with E-state index < -0.39 is 11.1 Å². The molecule has 34 heavy (non-hydrogen) atoms. The highest BCUT2D eigenvalue weighted by Crippen LogP contribution is 2.23. The highest BCUT2D eigenvalue weighted by molar-refractivity contribution is 7.14. The standard InChI is InChI=1S/C23H24FN7O2S/c24-20-7-5-19(6-8-20)17-30(21-4-1-2-11-25-21)13-3-12-26-22-23(29-34(33)28-22)27-16-18-9-14-31(32)15-10-18/h1-2,4-11,14-15H,3,12-13,16-17H2,(H,26,28)(H,27,29). The number of nitrogens with one attached hydrogen (secondary N) is 2. The monoisotopic (exact) mass is 481 g/mol. The summed E-state index contributed by atoms with van der Waals surface area (Å²) in [7, 11) is 0. The molecule has 0 radical (unpaired) electrons. The quantitative estimate of drug-likeness (QED) is 0.145. The van der Waals surface area contributed by atoms with Gasteiger partial charge < -0.3 is 25.3 Å². The second-order valence-electron chi connectivity index (χ2n) is 7.55. The van der Waals surface area contributed by atoms with Crippen LogP contribution < -0.4 is 20.3 Å². The van der Waals surface area contributed by atoms with Crippen LogP contribution in [0.3, 0.4) is 0 Å². The summed E-state index contributed by atoms with van der Waals surface area (Å²) in [5, 5.41) is 17.5. The van der Waals surface area contributed by atoms with Crippen LogP contribution in [0.2, 0.25) is 0 Å². The molecule has 4 rings (SSSR count). The third kappa shape index (κ3) is 6.59. The summed E-state index contributed by atoms with van der Waals surface area (Å²) < 4.78 is 33.9. The average Bonchev–Trinajstić information content (AvgIpc) is 3.21. The van der Waals surface area contributed by atoms with Gasteiger partial charge in [-0.15, -0.1) is 0 Å². The maximum atomic E-state index is 13.3. The van der Waals surface area contributed by atoms with Crippen molar-refractivity contribution in [2.45, 2.75) is 19.5 Å². The summed E-state index contributed by atoms with van der Waals surface area (Å²) in [6.45, 7) is 2.28. The molecule has 0 fully saturated rings. The lowest BCUT2D eigenvalue weighted by Crippen LogP contribution is -2.26. The van der Waals surface area contributed by atoms with Gasteiger partial charge in [-0.05, 0) is 41.8 Å². The number of nitrogens with zero attached hydrogens (tertiary/aromatic N) is 5. The topological polar surface area (TPSA) is 116 Å². The molecule has 0 saturated heterocycles. The fraction of sp³-hybridized carbons (Fsp3) is 0.217. The Labute approximate surface area is 199 Å². The lowest BCUT2D eigenvalue weighted by Gasteiger charge is -2.24. The van der Waals surface area contributed by atoms with E-state index in [1.54, 1.807) is 30.5 Å². The van der Waals surface area contributed by atoms with E-state index in [2.05, 4.69) is 29.3 Å². The summed E-state index contributed by atoms with van der Waals surface area (Å²) in [5.74, 6) is 1.43. The molecule has 0 aliphatic carbocycles. The number of pyridine rings is 2. The first kappa shape index (κ1) is 23.3. The molecule has 0 saturated carbocycles. The Hall–Kier alpha value is -3.83. The molecular weight excluding hydrogens is 457 g/mol. The van der Waals surface area contributed by atoms with Crippen LogP contribution in [-0.2, 0) is 13.1 Å². The molecule has 4 aromatic rings. The van der Waals surface area contributed by atoms with E-state index in [-0.39, 0.29) is 5.82 Å². The molecule has 1 unspecified atom stereocenters. The van der Waals surface area contributed by atoms with Gasteiger partial charge in [-0.25, -0.2) is 9.37 Å². The number of aromatic nitrogens is 4. The van der Waals surface area contributed by atoms with Crippen molar-refractivity contribution in [1.29, 1.82) is 0 Å². The lowest BCUT2D eigenvalue weighted by atomic mass is 10.2. The van der Waals surface area contributed by atoms with Crippen molar-refractivity contribution in [3.8, 4) is 0 Å². The van der Waals surface area contributed by atoms with Gasteiger partial charge in [-0.1, -0.05) is 18.2 Å². The summed E-state index contributed by atoms with van der Waals surface area (Å²) in [4.78, 5) is 6.57. The van der Waals surface area contributed by atoms with E-state index in [0.717, 1.165) is 23.4 Å². The van der Waals surface area contributed by atoms with Crippen molar-refractivity contribution in [2.24, 2.45) is 0 Å². The molecule has 0 spiro atoms. The van der Waals surface area contributed by atoms with Crippen molar-refractivity contribution in [3.63, 3.8) is 0 Å². The molecule has 11 heteroatoms. The molecule has 1 aromatic carbocycles. The minimum atomic E-state index is -1.67. The van der Waals surface area contributed by atoms with E-state index in [1.807, 2.05) is 18.2 Å². The van der Waals surface area contributed by atoms with Gasteiger partial charge in [-0.3, -0.25) is 0 Å². The molecule has 0 amide bonds. The summed E-state index contributed by atoms with van der Waals surface area (Å²) in [6, 6.07) is 15.6. The van der Waals surface area contributed by atoms with Crippen molar-refractivity contribution in [3.05, 3.63) is 95.3 Å². The van der Waals surface area contributed by atoms with Gasteiger partial charge >= 0.3 is 0 Å². The first-order valence-electron chi connectivity index (χ1n) is 10.7. The predicted octanol–water partition coefficient (Wildman–Crippen LogP) is 3.49. The van der Waals surface area contributed by atoms with Crippen LogP contribution in [0.1, 0.15) is 17.5 Å². The first-order valence-corrected chi connectivity index (χ1v) is 11.8. The van der Waals surface area contributed by atoms with Gasteiger partial charge in [0.2, 0.25) is 11.6 Å². The van der Waals surface area contributed by atoms with Gasteiger partial charge in [0.25, 0.3) is 0 Å². The smallest absolute Gasteiger partial charge is 0.233 e. The van der Waals surface area contributed by atoms with Crippen LogP contribution in [0.15, 0.2) is 73.2 Å². The Morgan fingerprint density at radius 2 is 1.68 bits per heavy atom. The van der Waals surface area contributed by atoms with Gasteiger partial charge in [0.05, 0.1) is 0 Å². The van der Waals surface area contributed by atoms with Crippen LogP contribution in [0.4, 0.5) is 21.8 Å². The third-order valence-corrected chi connectivity index (χ3v) is 5.73. The normalized spacial score (nSPS) is 11.3. The van der Waals surface area contributed by atoms with Gasteiger partial charge in [0.1, 0.15) is 11.6 Å². The number of halogens is 1. The zero-order chi connectivity index (χ0) is 23.8. The molecule has 0 aliphatic rings. The Kier molecular flexibility index (Phi) is 7.79. The molecule has 3 heterocycles. The lowest BCUT2D eigenvalue weighted by molar-refractivity contribution is -0.605. The number of rotatable bonds is 11. The molecule has 0 aliphatic heterocycles. The van der Waals surface area contributed by atoms with Crippen LogP contribution in [0.25, 0.3) is 0 Å². The van der Waals surface area contributed by atoms with E-state index >= 15 is 0 Å². The molecule has 0 bridgehead atoms. The van der Waals surface area contributed by atoms with Crippen molar-refractivity contribution in [1.82, 2.24) is 13.7 Å². The molecule has 2 N–H and O–H groups in total. The average molecular weight is 482 g/mol. The Morgan fingerprint density at radius 3 is 2.38 bits per heavy atom. The first-order chi connectivity index (χ1) is 16.6. The molecule has 9 nitrogen and oxygen atoms in total. The fourth-order valence-electron chi connectivity index (χ4n) is 3.34. The molecule has 1 atom stereocenters. The van der Waals surface area contributed by atoms with Gasteiger partial charge in [0, 0.05) is 53.3 Å². The highest BCUT2D eigenvalue weighted by atomic mass is 32.2. The van der Waals surface area contributed by atoms with Crippen LogP contribution in [0.5, 0.6) is 0 Å². The van der Waals surface area contributed by atoms with Crippen LogP contribution >= 0.6 is 11.1 Å². The Balaban J connectivity index is 1.33. The minimum Gasteiger partial charge on any atom is -0.619 e. The van der Waals surface area contributed by atoms with Gasteiger partial charge in [-0.2, -0.15) is 4.73 Å². The maximum Gasteiger partial charge on any atom is 0.233 e. The molecular formula is C23H24FN7O2S. The van der Waals surface area contributed by atoms with E-state index in [0.29, 0.717) is 42.5 Å². The molecule has 176 valence electrons. The SMILES string of the molecule is [O-][n+]1ccc(CNc2n[s+]([O-])nc2NCCCN(Cc2ccc(F)cc2)c2ccccn2)cc1. The number of hydrogen-bond donors (Lipinski definition) is 2. The van der Waals surface area contributed by atoms with Crippen molar-refractivity contribution in [2.75, 3.05) is 28.6 Å². The Morgan fingerprint density at radius 1 is 0.941 bits per heavy atom. The van der Waals surface area contributed by atoms with Crippen LogP contribution in [-0.4, -0.2) is 31.4 Å². The zero-order valence-electron chi connectivity index (χ0n) is 18.3. The summed E-state index contributed by atoms with van der Waals surface area (Å²) in [6.07, 6.45) is 5.32. The van der Waals surface area contributed by atoms with Crippen molar-refractivity contribution < 1.29 is 13.7 Å². The van der Waals surface area contributed by atoms with E-state index in [4.69, 9.17) is 0 Å². The zero-order valence-corrected chi connectivity index (χ0v) is 19.1. The van der Waals surface area contributed by atoms with E-state index in [9.17, 15) is 14.2 Å². The Bertz CT molecular complexity index is 1170. The maximum absolute atomic E-state index is 13.3. The predicted molar refractivity (Wildman–Crippen MR) is 128 cm³/mol. The van der Waals surface area contributed by atoms with Crippen LogP contribution in [0, 0.1) is 11.0 Å². The van der Waals surface area contributed by atoms with E-state index in [1.165, 1.54) is 24.5 Å². The number of hydrogen-bond acceptors (Lipinski definition) is 8. The molecule has 3 aromatic heterocycles. The largest absolute Gasteiger partial charge is 0.619 e. The summed E-state index contributed by atoms with van der Waals surface area (Å²) in [5.41, 5.74) is 1.87.